The summed E-state index contributed by atoms with van der Waals surface area (Å²) in [6.45, 7) is 6.55. The minimum atomic E-state index is -3.58. The molecule has 1 N–H and O–H groups in total. The summed E-state index contributed by atoms with van der Waals surface area (Å²) in [7, 11) is -2.07. The van der Waals surface area contributed by atoms with Crippen LogP contribution in [0.2, 0.25) is 5.02 Å². The highest BCUT2D eigenvalue weighted by Gasteiger charge is 2.26. The summed E-state index contributed by atoms with van der Waals surface area (Å²) in [6, 6.07) is 13.2. The van der Waals surface area contributed by atoms with Crippen LogP contribution in [0.4, 0.5) is 5.69 Å². The second kappa shape index (κ2) is 13.5. The molecule has 0 bridgehead atoms. The van der Waals surface area contributed by atoms with Crippen molar-refractivity contribution in [2.45, 2.75) is 46.2 Å². The van der Waals surface area contributed by atoms with Gasteiger partial charge >= 0.3 is 0 Å². The molecule has 8 nitrogen and oxygen atoms in total. The van der Waals surface area contributed by atoms with Crippen molar-refractivity contribution in [3.8, 4) is 5.75 Å². The lowest BCUT2D eigenvalue weighted by atomic mass is 10.1. The summed E-state index contributed by atoms with van der Waals surface area (Å²) in [4.78, 5) is 27.6. The zero-order chi connectivity index (χ0) is 26.9. The van der Waals surface area contributed by atoms with E-state index in [1.807, 2.05) is 26.0 Å². The van der Waals surface area contributed by atoms with E-state index in [1.165, 1.54) is 16.3 Å². The zero-order valence-electron chi connectivity index (χ0n) is 21.5. The molecule has 198 valence electrons. The molecule has 0 aliphatic carbocycles. The van der Waals surface area contributed by atoms with Crippen molar-refractivity contribution in [1.82, 2.24) is 10.2 Å². The van der Waals surface area contributed by atoms with Gasteiger partial charge in [0.2, 0.25) is 21.8 Å². The van der Waals surface area contributed by atoms with Crippen molar-refractivity contribution >= 4 is 39.1 Å². The van der Waals surface area contributed by atoms with Crippen LogP contribution in [0.25, 0.3) is 0 Å². The molecule has 2 aromatic rings. The molecule has 2 aromatic carbocycles. The molecular weight excluding hydrogens is 502 g/mol. The third kappa shape index (κ3) is 9.02. The third-order valence-electron chi connectivity index (χ3n) is 5.61. The van der Waals surface area contributed by atoms with E-state index in [0.717, 1.165) is 11.8 Å². The van der Waals surface area contributed by atoms with Crippen molar-refractivity contribution in [1.29, 1.82) is 0 Å². The third-order valence-corrected chi connectivity index (χ3v) is 7.06. The highest BCUT2D eigenvalue weighted by Crippen LogP contribution is 2.24. The number of carbonyl (C=O) groups excluding carboxylic acids is 2. The summed E-state index contributed by atoms with van der Waals surface area (Å²) >= 11 is 5.99. The quantitative estimate of drug-likeness (QED) is 0.415. The average molecular weight is 538 g/mol. The maximum atomic E-state index is 13.3. The fraction of sp³-hybridized carbons (Fsp3) is 0.462. The van der Waals surface area contributed by atoms with E-state index in [4.69, 9.17) is 16.3 Å². The Kier molecular flexibility index (Phi) is 11.0. The van der Waals surface area contributed by atoms with E-state index in [9.17, 15) is 18.0 Å². The van der Waals surface area contributed by atoms with Crippen molar-refractivity contribution < 1.29 is 22.7 Å². The zero-order valence-corrected chi connectivity index (χ0v) is 23.1. The molecule has 0 aliphatic heterocycles. The summed E-state index contributed by atoms with van der Waals surface area (Å²) in [5, 5.41) is 3.47. The standard InChI is InChI=1S/C26H36ClN3O5S/c1-19(2)17-28-26(32)20(3)29(18-21-11-13-22(27)14-12-21)25(31)10-7-15-30(36(5,33)34)23-8-6-9-24(16-23)35-4/h6,8-9,11-14,16,19-20H,7,10,15,17-18H2,1-5H3,(H,28,32)/t20-/m1/s1. The number of amides is 2. The number of anilines is 1. The van der Waals surface area contributed by atoms with Crippen LogP contribution in [0.3, 0.4) is 0 Å². The molecule has 0 saturated heterocycles. The molecule has 1 atom stereocenters. The fourth-order valence-electron chi connectivity index (χ4n) is 3.59. The van der Waals surface area contributed by atoms with Gasteiger partial charge in [0.15, 0.2) is 0 Å². The Morgan fingerprint density at radius 1 is 1.08 bits per heavy atom. The van der Waals surface area contributed by atoms with Crippen LogP contribution in [0, 0.1) is 5.92 Å². The van der Waals surface area contributed by atoms with Crippen molar-refractivity contribution in [2.24, 2.45) is 5.92 Å². The number of ether oxygens (including phenoxy) is 1. The number of sulfonamides is 1. The van der Waals surface area contributed by atoms with Gasteiger partial charge in [-0.1, -0.05) is 43.6 Å². The van der Waals surface area contributed by atoms with Gasteiger partial charge in [0.1, 0.15) is 11.8 Å². The van der Waals surface area contributed by atoms with E-state index in [0.29, 0.717) is 23.0 Å². The number of methoxy groups -OCH3 is 1. The Labute approximate surface area is 219 Å². The Morgan fingerprint density at radius 3 is 2.33 bits per heavy atom. The molecule has 2 rings (SSSR count). The molecule has 0 unspecified atom stereocenters. The first kappa shape index (κ1) is 29.5. The number of benzene rings is 2. The van der Waals surface area contributed by atoms with Gasteiger partial charge in [0.05, 0.1) is 19.1 Å². The minimum Gasteiger partial charge on any atom is -0.497 e. The van der Waals surface area contributed by atoms with Crippen LogP contribution >= 0.6 is 11.6 Å². The van der Waals surface area contributed by atoms with E-state index in [1.54, 1.807) is 43.3 Å². The number of halogens is 1. The fourth-order valence-corrected chi connectivity index (χ4v) is 4.67. The van der Waals surface area contributed by atoms with Gasteiger partial charge in [-0.2, -0.15) is 0 Å². The Hall–Kier alpha value is -2.78. The number of carbonyl (C=O) groups is 2. The van der Waals surface area contributed by atoms with Gasteiger partial charge in [-0.3, -0.25) is 13.9 Å². The topological polar surface area (TPSA) is 96.0 Å². The molecule has 0 heterocycles. The van der Waals surface area contributed by atoms with Crippen LogP contribution in [-0.4, -0.2) is 57.6 Å². The Bertz CT molecular complexity index is 1120. The number of nitrogens with one attached hydrogen (secondary N) is 1. The lowest BCUT2D eigenvalue weighted by Gasteiger charge is -2.29. The summed E-state index contributed by atoms with van der Waals surface area (Å²) in [5.74, 6) is 0.337. The Balaban J connectivity index is 2.16. The lowest BCUT2D eigenvalue weighted by Crippen LogP contribution is -2.48. The summed E-state index contributed by atoms with van der Waals surface area (Å²) < 4.78 is 31.4. The molecule has 2 amide bonds. The Morgan fingerprint density at radius 2 is 1.75 bits per heavy atom. The first-order valence-electron chi connectivity index (χ1n) is 11.9. The van der Waals surface area contributed by atoms with Crippen LogP contribution in [0.15, 0.2) is 48.5 Å². The number of rotatable bonds is 13. The SMILES string of the molecule is COc1cccc(N(CCCC(=O)N(Cc2ccc(Cl)cc2)[C@H](C)C(=O)NCC(C)C)S(C)(=O)=O)c1. The maximum absolute atomic E-state index is 13.3. The van der Waals surface area contributed by atoms with Crippen LogP contribution < -0.4 is 14.4 Å². The summed E-state index contributed by atoms with van der Waals surface area (Å²) in [6.07, 6.45) is 1.48. The van der Waals surface area contributed by atoms with Gasteiger partial charge in [0.25, 0.3) is 0 Å². The minimum absolute atomic E-state index is 0.0748. The van der Waals surface area contributed by atoms with Gasteiger partial charge in [-0.05, 0) is 49.1 Å². The van der Waals surface area contributed by atoms with E-state index in [-0.39, 0.29) is 43.7 Å². The first-order chi connectivity index (χ1) is 16.9. The smallest absolute Gasteiger partial charge is 0.242 e. The van der Waals surface area contributed by atoms with Crippen LogP contribution in [0.1, 0.15) is 39.2 Å². The first-order valence-corrected chi connectivity index (χ1v) is 14.1. The molecule has 10 heteroatoms. The summed E-state index contributed by atoms with van der Waals surface area (Å²) in [5.41, 5.74) is 1.30. The predicted octanol–water partition coefficient (Wildman–Crippen LogP) is 4.08. The van der Waals surface area contributed by atoms with E-state index in [2.05, 4.69) is 5.32 Å². The molecule has 0 radical (unpaired) electrons. The number of hydrogen-bond donors (Lipinski definition) is 1. The molecular formula is C26H36ClN3O5S. The van der Waals surface area contributed by atoms with Gasteiger partial charge in [-0.15, -0.1) is 0 Å². The largest absolute Gasteiger partial charge is 0.497 e. The number of nitrogens with zero attached hydrogens (tertiary/aromatic N) is 2. The normalized spacial score (nSPS) is 12.2. The van der Waals surface area contributed by atoms with Gasteiger partial charge in [0, 0.05) is 37.1 Å². The van der Waals surface area contributed by atoms with Crippen molar-refractivity contribution in [3.63, 3.8) is 0 Å². The molecule has 0 fully saturated rings. The van der Waals surface area contributed by atoms with Gasteiger partial charge in [-0.25, -0.2) is 8.42 Å². The van der Waals surface area contributed by atoms with Crippen LogP contribution in [0.5, 0.6) is 5.75 Å². The molecule has 0 aliphatic rings. The molecule has 0 spiro atoms. The predicted molar refractivity (Wildman–Crippen MR) is 144 cm³/mol. The maximum Gasteiger partial charge on any atom is 0.242 e. The lowest BCUT2D eigenvalue weighted by molar-refractivity contribution is -0.140. The molecule has 36 heavy (non-hydrogen) atoms. The molecule has 0 saturated carbocycles. The second-order valence-corrected chi connectivity index (χ2v) is 11.4. The van der Waals surface area contributed by atoms with Gasteiger partial charge < -0.3 is 15.0 Å². The average Bonchev–Trinajstić information content (AvgIpc) is 2.83. The van der Waals surface area contributed by atoms with E-state index >= 15 is 0 Å². The van der Waals surface area contributed by atoms with Crippen molar-refractivity contribution in [2.75, 3.05) is 30.8 Å². The highest BCUT2D eigenvalue weighted by atomic mass is 35.5. The second-order valence-electron chi connectivity index (χ2n) is 9.10. The number of hydrogen-bond acceptors (Lipinski definition) is 5. The van der Waals surface area contributed by atoms with Crippen molar-refractivity contribution in [3.05, 3.63) is 59.1 Å². The van der Waals surface area contributed by atoms with E-state index < -0.39 is 16.1 Å². The monoisotopic (exact) mass is 537 g/mol. The highest BCUT2D eigenvalue weighted by molar-refractivity contribution is 7.92. The van der Waals surface area contributed by atoms with Crippen LogP contribution in [-0.2, 0) is 26.2 Å². The molecule has 0 aromatic heterocycles.